The summed E-state index contributed by atoms with van der Waals surface area (Å²) >= 11 is 0. The van der Waals surface area contributed by atoms with Gasteiger partial charge < -0.3 is 19.5 Å². The summed E-state index contributed by atoms with van der Waals surface area (Å²) in [5, 5.41) is 8.57. The maximum atomic E-state index is 11.9. The van der Waals surface area contributed by atoms with Crippen molar-refractivity contribution in [3.05, 3.63) is 0 Å². The van der Waals surface area contributed by atoms with Crippen LogP contribution in [0.4, 0.5) is 4.79 Å². The first-order chi connectivity index (χ1) is 7.78. The SMILES string of the molecule is CC(C)N(CCOCCO)C(=O)OC(C)(C)C. The number of carbonyl (C=O) groups is 1. The molecule has 17 heavy (non-hydrogen) atoms. The fourth-order valence-corrected chi connectivity index (χ4v) is 1.21. The second-order valence-electron chi connectivity index (χ2n) is 5.10. The van der Waals surface area contributed by atoms with Crippen molar-refractivity contribution >= 4 is 6.09 Å². The Kier molecular flexibility index (Phi) is 7.15. The van der Waals surface area contributed by atoms with Crippen molar-refractivity contribution in [3.8, 4) is 0 Å². The third-order valence-corrected chi connectivity index (χ3v) is 1.96. The van der Waals surface area contributed by atoms with Crippen LogP contribution in [0.1, 0.15) is 34.6 Å². The lowest BCUT2D eigenvalue weighted by molar-refractivity contribution is 0.00884. The summed E-state index contributed by atoms with van der Waals surface area (Å²) in [5.74, 6) is 0. The molecule has 1 amide bonds. The number of aliphatic hydroxyl groups is 1. The van der Waals surface area contributed by atoms with Crippen LogP contribution in [0, 0.1) is 0 Å². The highest BCUT2D eigenvalue weighted by atomic mass is 16.6. The number of rotatable bonds is 6. The minimum atomic E-state index is -0.490. The summed E-state index contributed by atoms with van der Waals surface area (Å²) in [7, 11) is 0. The van der Waals surface area contributed by atoms with Crippen molar-refractivity contribution in [2.75, 3.05) is 26.4 Å². The second-order valence-corrected chi connectivity index (χ2v) is 5.10. The lowest BCUT2D eigenvalue weighted by atomic mass is 10.2. The molecular weight excluding hydrogens is 222 g/mol. The third kappa shape index (κ3) is 7.99. The maximum absolute atomic E-state index is 11.9. The molecule has 0 heterocycles. The van der Waals surface area contributed by atoms with Crippen LogP contribution in [0.25, 0.3) is 0 Å². The van der Waals surface area contributed by atoms with Gasteiger partial charge in [-0.2, -0.15) is 0 Å². The molecule has 0 spiro atoms. The quantitative estimate of drug-likeness (QED) is 0.725. The third-order valence-electron chi connectivity index (χ3n) is 1.96. The molecule has 5 nitrogen and oxygen atoms in total. The molecule has 102 valence electrons. The van der Waals surface area contributed by atoms with Gasteiger partial charge in [-0.3, -0.25) is 0 Å². The van der Waals surface area contributed by atoms with Crippen molar-refractivity contribution in [2.24, 2.45) is 0 Å². The molecule has 0 atom stereocenters. The summed E-state index contributed by atoms with van der Waals surface area (Å²) in [6.07, 6.45) is -0.333. The van der Waals surface area contributed by atoms with Gasteiger partial charge in [-0.25, -0.2) is 4.79 Å². The van der Waals surface area contributed by atoms with Crippen LogP contribution in [0.5, 0.6) is 0 Å². The Morgan fingerprint density at radius 2 is 1.88 bits per heavy atom. The molecule has 0 aliphatic heterocycles. The topological polar surface area (TPSA) is 59.0 Å². The highest BCUT2D eigenvalue weighted by molar-refractivity contribution is 5.68. The predicted octanol–water partition coefficient (Wildman–Crippen LogP) is 1.64. The second kappa shape index (κ2) is 7.50. The van der Waals surface area contributed by atoms with Crippen molar-refractivity contribution in [1.29, 1.82) is 0 Å². The molecule has 0 aromatic rings. The highest BCUT2D eigenvalue weighted by Crippen LogP contribution is 2.11. The van der Waals surface area contributed by atoms with Crippen LogP contribution in [-0.2, 0) is 9.47 Å². The lowest BCUT2D eigenvalue weighted by Crippen LogP contribution is -2.42. The first-order valence-corrected chi connectivity index (χ1v) is 5.96. The number of hydrogen-bond acceptors (Lipinski definition) is 4. The van der Waals surface area contributed by atoms with E-state index >= 15 is 0 Å². The van der Waals surface area contributed by atoms with Crippen molar-refractivity contribution in [3.63, 3.8) is 0 Å². The largest absolute Gasteiger partial charge is 0.444 e. The molecule has 0 fully saturated rings. The van der Waals surface area contributed by atoms with E-state index in [1.165, 1.54) is 0 Å². The molecular formula is C12H25NO4. The normalized spacial score (nSPS) is 11.7. The molecule has 0 saturated carbocycles. The Balaban J connectivity index is 4.18. The van der Waals surface area contributed by atoms with Gasteiger partial charge in [0.1, 0.15) is 5.60 Å². The molecule has 0 unspecified atom stereocenters. The Morgan fingerprint density at radius 3 is 2.29 bits per heavy atom. The van der Waals surface area contributed by atoms with Gasteiger partial charge in [-0.1, -0.05) is 0 Å². The van der Waals surface area contributed by atoms with Gasteiger partial charge in [0.15, 0.2) is 0 Å². The van der Waals surface area contributed by atoms with E-state index in [-0.39, 0.29) is 18.7 Å². The molecule has 1 N–H and O–H groups in total. The van der Waals surface area contributed by atoms with Crippen LogP contribution < -0.4 is 0 Å². The Hall–Kier alpha value is -0.810. The van der Waals surface area contributed by atoms with Gasteiger partial charge in [-0.05, 0) is 34.6 Å². The average molecular weight is 247 g/mol. The molecule has 0 aliphatic carbocycles. The molecule has 0 bridgehead atoms. The highest BCUT2D eigenvalue weighted by Gasteiger charge is 2.23. The van der Waals surface area contributed by atoms with Gasteiger partial charge in [0.05, 0.1) is 19.8 Å². The average Bonchev–Trinajstić information content (AvgIpc) is 2.14. The van der Waals surface area contributed by atoms with E-state index in [9.17, 15) is 4.79 Å². The monoisotopic (exact) mass is 247 g/mol. The number of aliphatic hydroxyl groups excluding tert-OH is 1. The number of ether oxygens (including phenoxy) is 2. The van der Waals surface area contributed by atoms with E-state index in [0.717, 1.165) is 0 Å². The Labute approximate surface area is 104 Å². The van der Waals surface area contributed by atoms with E-state index in [1.54, 1.807) is 4.90 Å². The van der Waals surface area contributed by atoms with E-state index in [0.29, 0.717) is 19.8 Å². The van der Waals surface area contributed by atoms with Crippen LogP contribution in [0.2, 0.25) is 0 Å². The van der Waals surface area contributed by atoms with Gasteiger partial charge in [0, 0.05) is 12.6 Å². The van der Waals surface area contributed by atoms with Crippen molar-refractivity contribution in [1.82, 2.24) is 4.90 Å². The van der Waals surface area contributed by atoms with E-state index in [1.807, 2.05) is 34.6 Å². The smallest absolute Gasteiger partial charge is 0.410 e. The first kappa shape index (κ1) is 16.2. The lowest BCUT2D eigenvalue weighted by Gasteiger charge is -2.30. The number of nitrogens with zero attached hydrogens (tertiary/aromatic N) is 1. The van der Waals surface area contributed by atoms with Gasteiger partial charge >= 0.3 is 6.09 Å². The van der Waals surface area contributed by atoms with Crippen LogP contribution in [0.15, 0.2) is 0 Å². The van der Waals surface area contributed by atoms with Gasteiger partial charge in [0.2, 0.25) is 0 Å². The summed E-state index contributed by atoms with van der Waals surface area (Å²) in [4.78, 5) is 13.5. The van der Waals surface area contributed by atoms with Gasteiger partial charge in [-0.15, -0.1) is 0 Å². The van der Waals surface area contributed by atoms with E-state index < -0.39 is 5.60 Å². The number of carbonyl (C=O) groups excluding carboxylic acids is 1. The van der Waals surface area contributed by atoms with Crippen LogP contribution in [-0.4, -0.2) is 54.1 Å². The van der Waals surface area contributed by atoms with Crippen LogP contribution in [0.3, 0.4) is 0 Å². The molecule has 0 aromatic carbocycles. The summed E-state index contributed by atoms with van der Waals surface area (Å²) in [5.41, 5.74) is -0.490. The van der Waals surface area contributed by atoms with Gasteiger partial charge in [0.25, 0.3) is 0 Å². The van der Waals surface area contributed by atoms with Crippen molar-refractivity contribution < 1.29 is 19.4 Å². The Bertz CT molecular complexity index is 223. The standard InChI is InChI=1S/C12H25NO4/c1-10(2)13(6-8-16-9-7-14)11(15)17-12(3,4)5/h10,14H,6-9H2,1-5H3. The summed E-state index contributed by atoms with van der Waals surface area (Å²) < 4.78 is 10.4. The maximum Gasteiger partial charge on any atom is 0.410 e. The first-order valence-electron chi connectivity index (χ1n) is 5.96. The van der Waals surface area contributed by atoms with E-state index in [4.69, 9.17) is 14.6 Å². The molecule has 5 heteroatoms. The molecule has 0 radical (unpaired) electrons. The van der Waals surface area contributed by atoms with Crippen molar-refractivity contribution in [2.45, 2.75) is 46.3 Å². The fourth-order valence-electron chi connectivity index (χ4n) is 1.21. The molecule has 0 rings (SSSR count). The predicted molar refractivity (Wildman–Crippen MR) is 66.0 cm³/mol. The zero-order chi connectivity index (χ0) is 13.5. The van der Waals surface area contributed by atoms with E-state index in [2.05, 4.69) is 0 Å². The molecule has 0 aromatic heterocycles. The zero-order valence-corrected chi connectivity index (χ0v) is 11.5. The zero-order valence-electron chi connectivity index (χ0n) is 11.5. The summed E-state index contributed by atoms with van der Waals surface area (Å²) in [6.45, 7) is 10.5. The minimum Gasteiger partial charge on any atom is -0.444 e. The Morgan fingerprint density at radius 1 is 1.29 bits per heavy atom. The number of hydrogen-bond donors (Lipinski definition) is 1. The number of amides is 1. The summed E-state index contributed by atoms with van der Waals surface area (Å²) in [6, 6.07) is 0.0579. The fraction of sp³-hybridized carbons (Fsp3) is 0.917. The van der Waals surface area contributed by atoms with Crippen LogP contribution >= 0.6 is 0 Å². The molecule has 0 aliphatic rings. The minimum absolute atomic E-state index is 0.00584. The molecule has 0 saturated heterocycles.